The summed E-state index contributed by atoms with van der Waals surface area (Å²) >= 11 is 0. The van der Waals surface area contributed by atoms with Crippen molar-refractivity contribution in [2.24, 2.45) is 7.05 Å². The molecule has 3 aromatic heterocycles. The monoisotopic (exact) mass is 989 g/mol. The number of hydrogen-bond acceptors (Lipinski definition) is 9. The van der Waals surface area contributed by atoms with E-state index in [1.54, 1.807) is 42.2 Å². The lowest BCUT2D eigenvalue weighted by Gasteiger charge is -2.33. The first-order valence-electron chi connectivity index (χ1n) is 25.1. The lowest BCUT2D eigenvalue weighted by atomic mass is 9.85. The standard InChI is InChI=1S/C57H61F2N9O5/c1-33-26-39(28-43(58)52(33)38-19-24-66(25-20-38)34(2)49-29-41-46(16-21-61-53(41)64(49)7)67-32-44(59)45(60-5)30-51(67)70)55(72)63(6)40-11-9-36(10-12-40)37-17-22-65(23-18-37)31-35-8-13-47-42(27-35)57(3,4)56(73)68(47)48-14-15-50(69)62-54(48)71/h8-13,16,19,21,26-30,32,34,37,48,60H,14-15,17-18,20,22-25,31H2,1-7H3,(H,62,69,71)/t34-,48-/m0/s1. The Labute approximate surface area is 423 Å². The molecule has 4 aliphatic heterocycles. The Morgan fingerprint density at radius 3 is 2.36 bits per heavy atom. The topological polar surface area (TPSA) is 145 Å². The molecule has 0 bridgehead atoms. The number of likely N-dealkylation sites (tertiary alicyclic amines) is 1. The van der Waals surface area contributed by atoms with E-state index in [0.717, 1.165) is 71.6 Å². The molecular formula is C57H61F2N9O5. The van der Waals surface area contributed by atoms with Crippen LogP contribution < -0.4 is 26.0 Å². The maximum atomic E-state index is 16.2. The second-order valence-electron chi connectivity index (χ2n) is 20.6. The molecule has 4 amide bonds. The molecule has 0 spiro atoms. The van der Waals surface area contributed by atoms with Gasteiger partial charge in [-0.25, -0.2) is 13.8 Å². The predicted octanol–water partition coefficient (Wildman–Crippen LogP) is 8.29. The van der Waals surface area contributed by atoms with Crippen molar-refractivity contribution in [2.75, 3.05) is 55.4 Å². The summed E-state index contributed by atoms with van der Waals surface area (Å²) in [5, 5.41) is 5.83. The largest absolute Gasteiger partial charge is 0.386 e. The molecule has 0 aliphatic carbocycles. The van der Waals surface area contributed by atoms with Gasteiger partial charge in [-0.05, 0) is 143 Å². The van der Waals surface area contributed by atoms with Gasteiger partial charge in [0.2, 0.25) is 17.7 Å². The van der Waals surface area contributed by atoms with Crippen LogP contribution in [0.15, 0.2) is 96.1 Å². The Bertz CT molecular complexity index is 3290. The number of fused-ring (bicyclic) bond motifs is 2. The average molecular weight is 990 g/mol. The number of aryl methyl sites for hydroxylation is 2. The van der Waals surface area contributed by atoms with E-state index in [2.05, 4.69) is 56.6 Å². The van der Waals surface area contributed by atoms with Crippen LogP contribution in [0.4, 0.5) is 25.8 Å². The van der Waals surface area contributed by atoms with Gasteiger partial charge in [0.25, 0.3) is 11.5 Å². The number of carbonyl (C=O) groups is 4. The zero-order valence-corrected chi connectivity index (χ0v) is 42.4. The van der Waals surface area contributed by atoms with Gasteiger partial charge in [-0.15, -0.1) is 0 Å². The Morgan fingerprint density at radius 1 is 0.918 bits per heavy atom. The molecule has 2 N–H and O–H groups in total. The zero-order valence-electron chi connectivity index (χ0n) is 42.4. The average Bonchev–Trinajstić information content (AvgIpc) is 3.82. The first-order valence-corrected chi connectivity index (χ1v) is 25.1. The van der Waals surface area contributed by atoms with Crippen LogP contribution in [0.3, 0.4) is 0 Å². The summed E-state index contributed by atoms with van der Waals surface area (Å²) in [7, 11) is 5.21. The maximum absolute atomic E-state index is 16.2. The van der Waals surface area contributed by atoms with Gasteiger partial charge in [-0.1, -0.05) is 30.3 Å². The van der Waals surface area contributed by atoms with Gasteiger partial charge < -0.3 is 14.8 Å². The number of aromatic nitrogens is 3. The normalized spacial score (nSPS) is 19.0. The molecule has 0 radical (unpaired) electrons. The van der Waals surface area contributed by atoms with Crippen LogP contribution in [-0.4, -0.2) is 93.9 Å². The number of hydrogen-bond donors (Lipinski definition) is 2. The SMILES string of the molecule is CNc1cc(=O)n(-c2ccnc3c2cc([C@H](C)N2CC=C(c4c(C)cc(C(=O)N(C)c5ccc(C6CCN(Cc7ccc8c(c7)C(C)(C)C(=O)N8[C@H]7CCC(=O)NC7=O)CC6)cc5)cc4F)CC2)n3C)cc1F. The number of nitrogens with zero attached hydrogens (tertiary/aromatic N) is 7. The molecule has 4 aliphatic rings. The highest BCUT2D eigenvalue weighted by molar-refractivity contribution is 6.13. The quantitative estimate of drug-likeness (QED) is 0.123. The van der Waals surface area contributed by atoms with Gasteiger partial charge in [0, 0.05) is 99.1 Å². The fourth-order valence-electron chi connectivity index (χ4n) is 11.6. The molecule has 2 fully saturated rings. The van der Waals surface area contributed by atoms with Crippen LogP contribution >= 0.6 is 0 Å². The summed E-state index contributed by atoms with van der Waals surface area (Å²) in [6.07, 6.45) is 7.92. The van der Waals surface area contributed by atoms with Crippen LogP contribution in [0, 0.1) is 18.6 Å². The van der Waals surface area contributed by atoms with Gasteiger partial charge >= 0.3 is 0 Å². The van der Waals surface area contributed by atoms with Crippen LogP contribution in [0.2, 0.25) is 0 Å². The van der Waals surface area contributed by atoms with E-state index >= 15 is 4.39 Å². The van der Waals surface area contributed by atoms with E-state index in [0.29, 0.717) is 54.3 Å². The number of carbonyl (C=O) groups excluding carboxylic acids is 4. The van der Waals surface area contributed by atoms with Crippen molar-refractivity contribution in [2.45, 2.75) is 89.8 Å². The number of imide groups is 1. The van der Waals surface area contributed by atoms with Crippen molar-refractivity contribution < 1.29 is 28.0 Å². The molecule has 7 heterocycles. The minimum atomic E-state index is -0.797. The highest BCUT2D eigenvalue weighted by atomic mass is 19.1. The zero-order chi connectivity index (χ0) is 51.6. The second kappa shape index (κ2) is 19.3. The summed E-state index contributed by atoms with van der Waals surface area (Å²) in [6, 6.07) is 21.5. The molecule has 14 nitrogen and oxygen atoms in total. The highest BCUT2D eigenvalue weighted by Crippen LogP contribution is 2.44. The van der Waals surface area contributed by atoms with Crippen molar-refractivity contribution in [1.82, 2.24) is 29.2 Å². The Hall–Kier alpha value is -7.30. The van der Waals surface area contributed by atoms with Crippen molar-refractivity contribution in [1.29, 1.82) is 0 Å². The molecule has 6 aromatic rings. The molecular weight excluding hydrogens is 929 g/mol. The fraction of sp³-hybridized carbons (Fsp3) is 0.368. The minimum Gasteiger partial charge on any atom is -0.386 e. The number of benzene rings is 3. The van der Waals surface area contributed by atoms with Gasteiger partial charge in [0.1, 0.15) is 17.5 Å². The molecule has 2 atom stereocenters. The fourth-order valence-corrected chi connectivity index (χ4v) is 11.6. The maximum Gasteiger partial charge on any atom is 0.258 e. The van der Waals surface area contributed by atoms with Crippen LogP contribution in [-0.2, 0) is 33.4 Å². The molecule has 73 heavy (non-hydrogen) atoms. The number of amides is 4. The van der Waals surface area contributed by atoms with E-state index in [1.165, 1.54) is 28.5 Å². The number of anilines is 3. The van der Waals surface area contributed by atoms with Gasteiger partial charge in [0.05, 0.1) is 23.0 Å². The van der Waals surface area contributed by atoms with Gasteiger partial charge in [-0.3, -0.25) is 48.6 Å². The van der Waals surface area contributed by atoms with Crippen molar-refractivity contribution in [3.63, 3.8) is 0 Å². The third-order valence-electron chi connectivity index (χ3n) is 15.9. The van der Waals surface area contributed by atoms with E-state index in [1.807, 2.05) is 62.7 Å². The summed E-state index contributed by atoms with van der Waals surface area (Å²) in [6.45, 7) is 11.5. The minimum absolute atomic E-state index is 0.0609. The first kappa shape index (κ1) is 49.3. The smallest absolute Gasteiger partial charge is 0.258 e. The third kappa shape index (κ3) is 8.94. The first-order chi connectivity index (χ1) is 34.9. The summed E-state index contributed by atoms with van der Waals surface area (Å²) in [5.74, 6) is -1.78. The van der Waals surface area contributed by atoms with E-state index in [4.69, 9.17) is 0 Å². The van der Waals surface area contributed by atoms with Crippen LogP contribution in [0.25, 0.3) is 22.3 Å². The molecule has 378 valence electrons. The van der Waals surface area contributed by atoms with E-state index in [9.17, 15) is 28.4 Å². The molecule has 10 rings (SSSR count). The van der Waals surface area contributed by atoms with E-state index < -0.39 is 29.0 Å². The summed E-state index contributed by atoms with van der Waals surface area (Å²) in [4.78, 5) is 77.6. The van der Waals surface area contributed by atoms with Gasteiger partial charge in [0.15, 0.2) is 5.82 Å². The molecule has 16 heteroatoms. The lowest BCUT2D eigenvalue weighted by molar-refractivity contribution is -0.136. The number of pyridine rings is 2. The summed E-state index contributed by atoms with van der Waals surface area (Å²) < 4.78 is 34.3. The van der Waals surface area contributed by atoms with Crippen molar-refractivity contribution in [3.8, 4) is 5.69 Å². The predicted molar refractivity (Wildman–Crippen MR) is 279 cm³/mol. The Balaban J connectivity index is 0.753. The molecule has 0 unspecified atom stereocenters. The number of nitrogens with one attached hydrogen (secondary N) is 2. The highest BCUT2D eigenvalue weighted by Gasteiger charge is 2.49. The van der Waals surface area contributed by atoms with Crippen LogP contribution in [0.5, 0.6) is 0 Å². The number of rotatable bonds is 11. The van der Waals surface area contributed by atoms with Gasteiger partial charge in [-0.2, -0.15) is 0 Å². The lowest BCUT2D eigenvalue weighted by Crippen LogP contribution is -2.55. The van der Waals surface area contributed by atoms with Crippen molar-refractivity contribution in [3.05, 3.63) is 152 Å². The third-order valence-corrected chi connectivity index (χ3v) is 15.9. The van der Waals surface area contributed by atoms with Crippen LogP contribution in [0.1, 0.15) is 109 Å². The molecule has 0 saturated carbocycles. The number of piperidine rings is 2. The van der Waals surface area contributed by atoms with Crippen molar-refractivity contribution >= 4 is 57.3 Å². The molecule has 3 aromatic carbocycles. The Kier molecular flexibility index (Phi) is 13.0. The Morgan fingerprint density at radius 2 is 1.67 bits per heavy atom. The van der Waals surface area contributed by atoms with E-state index in [-0.39, 0.29) is 47.0 Å². The summed E-state index contributed by atoms with van der Waals surface area (Å²) in [5.41, 5.74) is 8.19. The molecule has 2 saturated heterocycles. The second-order valence-corrected chi connectivity index (χ2v) is 20.6. The number of halogens is 2.